The fourth-order valence-corrected chi connectivity index (χ4v) is 1.30. The second-order valence-corrected chi connectivity index (χ2v) is 3.28. The predicted molar refractivity (Wildman–Crippen MR) is 56.1 cm³/mol. The van der Waals surface area contributed by atoms with Crippen molar-refractivity contribution in [3.05, 3.63) is 12.7 Å². The minimum atomic E-state index is -1.23. The van der Waals surface area contributed by atoms with Crippen molar-refractivity contribution in [2.45, 2.75) is 2.52 Å². The van der Waals surface area contributed by atoms with Crippen LogP contribution in [0.5, 0.6) is 0 Å². The summed E-state index contributed by atoms with van der Waals surface area (Å²) in [5, 5.41) is 9.14. The summed E-state index contributed by atoms with van der Waals surface area (Å²) in [7, 11) is 4.21. The number of hydrogen-bond donors (Lipinski definition) is 0. The molecule has 0 aromatic carbocycles. The molecule has 0 saturated heterocycles. The Hall–Kier alpha value is 0.720. The van der Waals surface area contributed by atoms with Gasteiger partial charge in [-0.05, 0) is 6.08 Å². The first kappa shape index (κ1) is 19.3. The molecule has 3 nitrogen and oxygen atoms in total. The minimum absolute atomic E-state index is 0.722. The standard InChI is InChI=1S/C4H10N.C3H4O2.CH3Cl.Ca/c1-4-5(2)3;1-2-3(4)5;1-2;/h1,4H2,2-3H3;2H,1H2,(H,4,5);1H3;/q;;;+1/p-1. The number of hydrogen-bond acceptors (Lipinski definition) is 3. The normalized spacial score (nSPS) is 7.62. The second-order valence-electron chi connectivity index (χ2n) is 2.18. The molecular formula is C8H16CaClNO2. The first-order valence-corrected chi connectivity index (χ1v) is 6.01. The maximum atomic E-state index is 9.14. The van der Waals surface area contributed by atoms with E-state index >= 15 is 0 Å². The average Bonchev–Trinajstić information content (AvgIpc) is 2.09. The fraction of sp³-hybridized carbons (Fsp3) is 0.625. The van der Waals surface area contributed by atoms with E-state index in [-0.39, 0.29) is 0 Å². The molecule has 0 unspecified atom stereocenters. The Bertz CT molecular complexity index is 121. The zero-order valence-corrected chi connectivity index (χ0v) is 11.5. The molecule has 0 amide bonds. The van der Waals surface area contributed by atoms with Crippen molar-refractivity contribution in [3.8, 4) is 0 Å². The van der Waals surface area contributed by atoms with Crippen LogP contribution in [0.3, 0.4) is 0 Å². The Kier molecular flexibility index (Phi) is 27.5. The van der Waals surface area contributed by atoms with E-state index < -0.39 is 5.97 Å². The van der Waals surface area contributed by atoms with Gasteiger partial charge in [0, 0.05) is 6.38 Å². The van der Waals surface area contributed by atoms with Crippen molar-refractivity contribution in [2.24, 2.45) is 0 Å². The van der Waals surface area contributed by atoms with Crippen LogP contribution in [-0.2, 0) is 4.79 Å². The molecule has 0 N–H and O–H groups in total. The van der Waals surface area contributed by atoms with Gasteiger partial charge in [-0.25, -0.2) is 0 Å². The van der Waals surface area contributed by atoms with Crippen molar-refractivity contribution >= 4 is 53.4 Å². The van der Waals surface area contributed by atoms with Crippen molar-refractivity contribution in [1.82, 2.24) is 4.90 Å². The summed E-state index contributed by atoms with van der Waals surface area (Å²) in [6.45, 7) is 4.16. The number of carboxylic acid groups (broad SMARTS) is 1. The van der Waals surface area contributed by atoms with Gasteiger partial charge in [-0.15, -0.1) is 11.6 Å². The first-order chi connectivity index (χ1) is 6.04. The van der Waals surface area contributed by atoms with E-state index in [1.54, 1.807) is 0 Å². The first-order valence-electron chi connectivity index (χ1n) is 3.69. The van der Waals surface area contributed by atoms with Crippen LogP contribution >= 0.6 is 11.6 Å². The Balaban J connectivity index is -0.000000131. The third-order valence-corrected chi connectivity index (χ3v) is 1.27. The Morgan fingerprint density at radius 2 is 1.92 bits per heavy atom. The molecule has 0 saturated carbocycles. The third-order valence-electron chi connectivity index (χ3n) is 0.772. The maximum absolute atomic E-state index is 9.14. The van der Waals surface area contributed by atoms with Crippen molar-refractivity contribution < 1.29 is 9.90 Å². The van der Waals surface area contributed by atoms with Crippen molar-refractivity contribution in [1.29, 1.82) is 0 Å². The van der Waals surface area contributed by atoms with Crippen LogP contribution in [0.4, 0.5) is 0 Å². The summed E-state index contributed by atoms with van der Waals surface area (Å²) in [6.07, 6.45) is 2.19. The van der Waals surface area contributed by atoms with Gasteiger partial charge >= 0.3 is 63.8 Å². The Morgan fingerprint density at radius 3 is 1.92 bits per heavy atom. The van der Waals surface area contributed by atoms with E-state index in [1.807, 2.05) is 0 Å². The van der Waals surface area contributed by atoms with Crippen molar-refractivity contribution in [3.63, 3.8) is 0 Å². The summed E-state index contributed by atoms with van der Waals surface area (Å²) in [4.78, 5) is 11.4. The van der Waals surface area contributed by atoms with Gasteiger partial charge in [0.15, 0.2) is 0 Å². The van der Waals surface area contributed by atoms with E-state index in [0.29, 0.717) is 0 Å². The predicted octanol–water partition coefficient (Wildman–Crippen LogP) is -0.0879. The second kappa shape index (κ2) is 18.5. The zero-order chi connectivity index (χ0) is 11.3. The molecule has 0 atom stereocenters. The van der Waals surface area contributed by atoms with E-state index in [4.69, 9.17) is 9.90 Å². The van der Waals surface area contributed by atoms with E-state index in [1.165, 1.54) is 51.2 Å². The van der Waals surface area contributed by atoms with Crippen LogP contribution in [0.15, 0.2) is 12.7 Å². The van der Waals surface area contributed by atoms with Crippen LogP contribution in [-0.4, -0.2) is 73.7 Å². The van der Waals surface area contributed by atoms with Gasteiger partial charge in [-0.1, -0.05) is 6.58 Å². The quantitative estimate of drug-likeness (QED) is 0.389. The molecule has 13 heavy (non-hydrogen) atoms. The van der Waals surface area contributed by atoms with Crippen LogP contribution in [0.2, 0.25) is 2.52 Å². The molecule has 5 heteroatoms. The van der Waals surface area contributed by atoms with Gasteiger partial charge in [0.05, 0.1) is 5.97 Å². The molecule has 0 aliphatic heterocycles. The fourth-order valence-electron chi connectivity index (χ4n) is 0.316. The van der Waals surface area contributed by atoms with Gasteiger partial charge in [-0.3, -0.25) is 0 Å². The average molecular weight is 234 g/mol. The topological polar surface area (TPSA) is 43.4 Å². The summed E-state index contributed by atoms with van der Waals surface area (Å²) >= 11 is 6.07. The van der Waals surface area contributed by atoms with Crippen molar-refractivity contribution in [2.75, 3.05) is 27.0 Å². The van der Waals surface area contributed by atoms with Crippen LogP contribution in [0.1, 0.15) is 0 Å². The van der Waals surface area contributed by atoms with Gasteiger partial charge in [0.25, 0.3) is 0 Å². The number of alkyl halides is 1. The number of halogens is 1. The summed E-state index contributed by atoms with van der Waals surface area (Å²) in [6, 6.07) is 0. The number of nitrogens with zero attached hydrogens (tertiary/aromatic N) is 1. The van der Waals surface area contributed by atoms with E-state index in [9.17, 15) is 0 Å². The van der Waals surface area contributed by atoms with E-state index in [2.05, 4.69) is 37.2 Å². The molecule has 0 radical (unpaired) electrons. The molecule has 0 fully saturated rings. The summed E-state index contributed by atoms with van der Waals surface area (Å²) in [5.74, 6) is -1.23. The monoisotopic (exact) mass is 233 g/mol. The Labute approximate surface area is 109 Å². The number of carboxylic acids is 1. The Morgan fingerprint density at radius 1 is 1.62 bits per heavy atom. The van der Waals surface area contributed by atoms with Crippen LogP contribution in [0.25, 0.3) is 0 Å². The number of rotatable bonds is 3. The molecular weight excluding hydrogens is 218 g/mol. The molecule has 0 heterocycles. The summed E-state index contributed by atoms with van der Waals surface area (Å²) < 4.78 is 1.38. The molecule has 0 aliphatic rings. The number of carbonyl (C=O) groups excluding carboxylic acids is 1. The molecule has 74 valence electrons. The molecule has 0 aromatic rings. The number of aliphatic carboxylic acids is 1. The van der Waals surface area contributed by atoms with E-state index in [0.717, 1.165) is 6.08 Å². The molecule has 0 spiro atoms. The van der Waals surface area contributed by atoms with Gasteiger partial charge in [-0.2, -0.15) is 0 Å². The number of carbonyl (C=O) groups is 1. The zero-order valence-electron chi connectivity index (χ0n) is 8.55. The van der Waals surface area contributed by atoms with Crippen LogP contribution < -0.4 is 5.11 Å². The van der Waals surface area contributed by atoms with Gasteiger partial charge < -0.3 is 9.90 Å². The van der Waals surface area contributed by atoms with Crippen LogP contribution in [0, 0.1) is 0 Å². The molecule has 0 aromatic heterocycles. The SMILES string of the molecule is C=CC(=O)[O-].CCl.CN(C)C[CH2][Ca+]. The molecule has 0 rings (SSSR count). The summed E-state index contributed by atoms with van der Waals surface area (Å²) in [5.41, 5.74) is 0. The third kappa shape index (κ3) is 44.7. The molecule has 0 aliphatic carbocycles. The molecule has 0 bridgehead atoms. The van der Waals surface area contributed by atoms with Gasteiger partial charge in [0.2, 0.25) is 0 Å². The van der Waals surface area contributed by atoms with Gasteiger partial charge in [0.1, 0.15) is 0 Å².